The summed E-state index contributed by atoms with van der Waals surface area (Å²) >= 11 is 0. The van der Waals surface area contributed by atoms with Gasteiger partial charge in [-0.2, -0.15) is 0 Å². The summed E-state index contributed by atoms with van der Waals surface area (Å²) < 4.78 is 0. The lowest BCUT2D eigenvalue weighted by Crippen LogP contribution is -2.21. The maximum Gasteiger partial charge on any atom is 0.133 e. The van der Waals surface area contributed by atoms with Gasteiger partial charge in [0.05, 0.1) is 0 Å². The Hall–Kier alpha value is -1.12. The number of nitrogens with zero attached hydrogens (tertiary/aromatic N) is 2. The molecule has 0 bridgehead atoms. The van der Waals surface area contributed by atoms with Gasteiger partial charge in [0.25, 0.3) is 0 Å². The van der Waals surface area contributed by atoms with Gasteiger partial charge < -0.3 is 5.32 Å². The fourth-order valence-corrected chi connectivity index (χ4v) is 3.03. The van der Waals surface area contributed by atoms with Gasteiger partial charge in [-0.1, -0.05) is 40.0 Å². The Kier molecular flexibility index (Phi) is 5.38. The van der Waals surface area contributed by atoms with E-state index < -0.39 is 0 Å². The predicted molar refractivity (Wildman–Crippen MR) is 85.1 cm³/mol. The molecule has 0 saturated heterocycles. The molecule has 0 atom stereocenters. The summed E-state index contributed by atoms with van der Waals surface area (Å²) in [5, 5.41) is 3.53. The Balaban J connectivity index is 1.88. The van der Waals surface area contributed by atoms with Gasteiger partial charge in [0, 0.05) is 24.2 Å². The maximum absolute atomic E-state index is 4.63. The second kappa shape index (κ2) is 7.05. The van der Waals surface area contributed by atoms with Crippen LogP contribution in [0.4, 0.5) is 5.82 Å². The van der Waals surface area contributed by atoms with E-state index in [2.05, 4.69) is 42.1 Å². The zero-order valence-electron chi connectivity index (χ0n) is 13.4. The van der Waals surface area contributed by atoms with E-state index in [1.807, 2.05) is 6.92 Å². The van der Waals surface area contributed by atoms with Crippen LogP contribution in [0.1, 0.15) is 70.3 Å². The van der Waals surface area contributed by atoms with Crippen molar-refractivity contribution in [2.24, 2.45) is 11.8 Å². The monoisotopic (exact) mass is 275 g/mol. The molecule has 1 aromatic heterocycles. The van der Waals surface area contributed by atoms with E-state index in [0.29, 0.717) is 5.92 Å². The highest BCUT2D eigenvalue weighted by Gasteiger charge is 2.19. The third kappa shape index (κ3) is 4.19. The molecule has 1 aromatic rings. The lowest BCUT2D eigenvalue weighted by Gasteiger charge is -2.28. The predicted octanol–water partition coefficient (Wildman–Crippen LogP) is 4.54. The summed E-state index contributed by atoms with van der Waals surface area (Å²) in [6.45, 7) is 9.71. The van der Waals surface area contributed by atoms with Crippen LogP contribution in [0.5, 0.6) is 0 Å². The summed E-state index contributed by atoms with van der Waals surface area (Å²) in [5.41, 5.74) is 1.06. The van der Waals surface area contributed by atoms with E-state index in [1.54, 1.807) is 0 Å². The Morgan fingerprint density at radius 3 is 2.40 bits per heavy atom. The normalized spacial score (nSPS) is 23.1. The van der Waals surface area contributed by atoms with E-state index in [9.17, 15) is 0 Å². The molecular formula is C17H29N3. The first kappa shape index (κ1) is 15.3. The molecule has 0 spiro atoms. The minimum Gasteiger partial charge on any atom is -0.370 e. The second-order valence-corrected chi connectivity index (χ2v) is 6.58. The first-order chi connectivity index (χ1) is 9.58. The van der Waals surface area contributed by atoms with E-state index in [4.69, 9.17) is 0 Å². The van der Waals surface area contributed by atoms with Crippen molar-refractivity contribution >= 4 is 5.82 Å². The van der Waals surface area contributed by atoms with Crippen LogP contribution in [0, 0.1) is 18.8 Å². The van der Waals surface area contributed by atoms with Gasteiger partial charge in [0.2, 0.25) is 0 Å². The van der Waals surface area contributed by atoms with Crippen LogP contribution in [0.15, 0.2) is 6.07 Å². The number of hydrogen-bond acceptors (Lipinski definition) is 3. The van der Waals surface area contributed by atoms with Crippen molar-refractivity contribution < 1.29 is 0 Å². The summed E-state index contributed by atoms with van der Waals surface area (Å²) in [6, 6.07) is 2.06. The molecule has 2 rings (SSSR count). The minimum absolute atomic E-state index is 0.385. The molecule has 1 aliphatic rings. The zero-order chi connectivity index (χ0) is 14.5. The summed E-state index contributed by atoms with van der Waals surface area (Å²) in [6.07, 6.45) is 6.90. The number of hydrogen-bond donors (Lipinski definition) is 1. The van der Waals surface area contributed by atoms with Crippen LogP contribution in [0.3, 0.4) is 0 Å². The second-order valence-electron chi connectivity index (χ2n) is 6.58. The highest BCUT2D eigenvalue weighted by Crippen LogP contribution is 2.30. The lowest BCUT2D eigenvalue weighted by atomic mass is 9.81. The first-order valence-electron chi connectivity index (χ1n) is 8.18. The van der Waals surface area contributed by atoms with Crippen LogP contribution < -0.4 is 5.32 Å². The molecule has 1 fully saturated rings. The van der Waals surface area contributed by atoms with Gasteiger partial charge in [0.1, 0.15) is 11.6 Å². The molecule has 0 radical (unpaired) electrons. The summed E-state index contributed by atoms with van der Waals surface area (Å²) in [4.78, 5) is 9.12. The highest BCUT2D eigenvalue weighted by atomic mass is 15.0. The Morgan fingerprint density at radius 2 is 1.80 bits per heavy atom. The molecule has 0 amide bonds. The molecule has 1 heterocycles. The standard InChI is InChI=1S/C17H29N3/c1-5-14-6-8-15(9-7-14)11-18-16-10-13(4)19-17(20-16)12(2)3/h10,12,14-15H,5-9,11H2,1-4H3,(H,18,19,20). The molecule has 0 aromatic carbocycles. The molecule has 3 heteroatoms. The number of rotatable bonds is 5. The molecule has 1 aliphatic carbocycles. The van der Waals surface area contributed by atoms with E-state index in [1.165, 1.54) is 32.1 Å². The van der Waals surface area contributed by atoms with Crippen molar-refractivity contribution in [1.29, 1.82) is 0 Å². The smallest absolute Gasteiger partial charge is 0.133 e. The van der Waals surface area contributed by atoms with Crippen molar-refractivity contribution in [3.63, 3.8) is 0 Å². The van der Waals surface area contributed by atoms with Crippen molar-refractivity contribution in [3.05, 3.63) is 17.6 Å². The largest absolute Gasteiger partial charge is 0.370 e. The SMILES string of the molecule is CCC1CCC(CNc2cc(C)nc(C(C)C)n2)CC1. The fourth-order valence-electron chi connectivity index (χ4n) is 3.03. The zero-order valence-corrected chi connectivity index (χ0v) is 13.4. The third-order valence-electron chi connectivity index (χ3n) is 4.50. The topological polar surface area (TPSA) is 37.8 Å². The number of aromatic nitrogens is 2. The lowest BCUT2D eigenvalue weighted by molar-refractivity contribution is 0.278. The Bertz CT molecular complexity index is 420. The van der Waals surface area contributed by atoms with Gasteiger partial charge in [-0.05, 0) is 31.6 Å². The summed E-state index contributed by atoms with van der Waals surface area (Å²) in [7, 11) is 0. The van der Waals surface area contributed by atoms with Crippen LogP contribution >= 0.6 is 0 Å². The first-order valence-corrected chi connectivity index (χ1v) is 8.18. The molecule has 1 saturated carbocycles. The number of aryl methyl sites for hydroxylation is 1. The average molecular weight is 275 g/mol. The maximum atomic E-state index is 4.63. The molecule has 0 unspecified atom stereocenters. The Labute approximate surface area is 123 Å². The average Bonchev–Trinajstić information content (AvgIpc) is 2.45. The molecular weight excluding hydrogens is 246 g/mol. The van der Waals surface area contributed by atoms with Crippen LogP contribution in [-0.4, -0.2) is 16.5 Å². The Morgan fingerprint density at radius 1 is 1.15 bits per heavy atom. The molecule has 1 N–H and O–H groups in total. The third-order valence-corrected chi connectivity index (χ3v) is 4.50. The quantitative estimate of drug-likeness (QED) is 0.857. The van der Waals surface area contributed by atoms with Gasteiger partial charge >= 0.3 is 0 Å². The van der Waals surface area contributed by atoms with Crippen LogP contribution in [-0.2, 0) is 0 Å². The van der Waals surface area contributed by atoms with Gasteiger partial charge in [-0.15, -0.1) is 0 Å². The van der Waals surface area contributed by atoms with Crippen LogP contribution in [0.25, 0.3) is 0 Å². The van der Waals surface area contributed by atoms with E-state index in [0.717, 1.165) is 35.7 Å². The van der Waals surface area contributed by atoms with E-state index >= 15 is 0 Å². The van der Waals surface area contributed by atoms with Crippen molar-refractivity contribution in [2.45, 2.75) is 65.7 Å². The summed E-state index contributed by atoms with van der Waals surface area (Å²) in [5.74, 6) is 4.12. The minimum atomic E-state index is 0.385. The van der Waals surface area contributed by atoms with Crippen molar-refractivity contribution in [3.8, 4) is 0 Å². The van der Waals surface area contributed by atoms with Crippen molar-refractivity contribution in [1.82, 2.24) is 9.97 Å². The van der Waals surface area contributed by atoms with E-state index in [-0.39, 0.29) is 0 Å². The van der Waals surface area contributed by atoms with Gasteiger partial charge in [-0.25, -0.2) is 9.97 Å². The molecule has 3 nitrogen and oxygen atoms in total. The molecule has 20 heavy (non-hydrogen) atoms. The number of anilines is 1. The fraction of sp³-hybridized carbons (Fsp3) is 0.765. The molecule has 112 valence electrons. The van der Waals surface area contributed by atoms with Gasteiger partial charge in [0.15, 0.2) is 0 Å². The van der Waals surface area contributed by atoms with Gasteiger partial charge in [-0.3, -0.25) is 0 Å². The highest BCUT2D eigenvalue weighted by molar-refractivity contribution is 5.36. The number of nitrogens with one attached hydrogen (secondary N) is 1. The van der Waals surface area contributed by atoms with Crippen LogP contribution in [0.2, 0.25) is 0 Å². The van der Waals surface area contributed by atoms with Crippen molar-refractivity contribution in [2.75, 3.05) is 11.9 Å². The molecule has 0 aliphatic heterocycles.